The lowest BCUT2D eigenvalue weighted by molar-refractivity contribution is -0.137. The fourth-order valence-electron chi connectivity index (χ4n) is 2.33. The summed E-state index contributed by atoms with van der Waals surface area (Å²) in [6, 6.07) is 7.17. The Morgan fingerprint density at radius 3 is 2.54 bits per heavy atom. The number of hydrogen-bond acceptors (Lipinski definition) is 4. The topological polar surface area (TPSA) is 92.0 Å². The third-order valence-electron chi connectivity index (χ3n) is 3.71. The Morgan fingerprint density at radius 2 is 1.96 bits per heavy atom. The number of benzene rings is 1. The van der Waals surface area contributed by atoms with Gasteiger partial charge in [-0.3, -0.25) is 4.79 Å². The quantitative estimate of drug-likeness (QED) is 0.728. The molecule has 6 nitrogen and oxygen atoms in total. The number of hydrogen-bond donors (Lipinski definition) is 2. The zero-order valence-corrected chi connectivity index (χ0v) is 14.0. The summed E-state index contributed by atoms with van der Waals surface area (Å²) in [5, 5.41) is 9.56. The standard InChI is InChI=1S/C17H16ClN3O3/c1-9-10(2)20-16(19-9)17-21-15(11-3-5-12(18)6-4-11)13(24-17)7-8-14(22)23/h3-6H,7-8H2,1-2H3,(H,19,20)(H,22,23). The Labute approximate surface area is 143 Å². The fourth-order valence-corrected chi connectivity index (χ4v) is 2.45. The smallest absolute Gasteiger partial charge is 0.303 e. The highest BCUT2D eigenvalue weighted by molar-refractivity contribution is 6.30. The van der Waals surface area contributed by atoms with Crippen LogP contribution in [0.15, 0.2) is 28.7 Å². The number of aryl methyl sites for hydroxylation is 3. The first-order valence-electron chi connectivity index (χ1n) is 7.45. The molecule has 0 aliphatic rings. The number of aromatic amines is 1. The summed E-state index contributed by atoms with van der Waals surface area (Å²) in [5.41, 5.74) is 3.22. The van der Waals surface area contributed by atoms with Crippen LogP contribution in [0.2, 0.25) is 5.02 Å². The number of carboxylic acids is 1. The van der Waals surface area contributed by atoms with Crippen LogP contribution in [0, 0.1) is 13.8 Å². The average molecular weight is 346 g/mol. The normalized spacial score (nSPS) is 11.0. The van der Waals surface area contributed by atoms with Crippen LogP contribution in [-0.4, -0.2) is 26.0 Å². The van der Waals surface area contributed by atoms with E-state index in [0.717, 1.165) is 17.0 Å². The molecule has 0 bridgehead atoms. The molecule has 0 fully saturated rings. The van der Waals surface area contributed by atoms with E-state index in [0.29, 0.717) is 28.2 Å². The van der Waals surface area contributed by atoms with E-state index in [1.807, 2.05) is 26.0 Å². The highest BCUT2D eigenvalue weighted by atomic mass is 35.5. The van der Waals surface area contributed by atoms with Crippen molar-refractivity contribution in [3.8, 4) is 23.0 Å². The SMILES string of the molecule is Cc1nc(-c2nc(-c3ccc(Cl)cc3)c(CCC(=O)O)o2)[nH]c1C. The number of H-pyrrole nitrogens is 1. The molecule has 3 aromatic rings. The van der Waals surface area contributed by atoms with E-state index in [1.165, 1.54) is 0 Å². The number of nitrogens with zero attached hydrogens (tertiary/aromatic N) is 2. The van der Waals surface area contributed by atoms with Gasteiger partial charge in [0, 0.05) is 22.7 Å². The fraction of sp³-hybridized carbons (Fsp3) is 0.235. The molecule has 0 unspecified atom stereocenters. The maximum absolute atomic E-state index is 10.9. The lowest BCUT2D eigenvalue weighted by atomic mass is 10.1. The molecule has 0 aliphatic carbocycles. The van der Waals surface area contributed by atoms with Gasteiger partial charge in [-0.25, -0.2) is 9.97 Å². The third kappa shape index (κ3) is 3.33. The number of halogens is 1. The first-order chi connectivity index (χ1) is 11.4. The van der Waals surface area contributed by atoms with E-state index >= 15 is 0 Å². The summed E-state index contributed by atoms with van der Waals surface area (Å²) in [4.78, 5) is 22.9. The number of nitrogens with one attached hydrogen (secondary N) is 1. The molecular formula is C17H16ClN3O3. The van der Waals surface area contributed by atoms with E-state index in [-0.39, 0.29) is 12.8 Å². The molecule has 3 rings (SSSR count). The first kappa shape index (κ1) is 16.3. The van der Waals surface area contributed by atoms with Crippen molar-refractivity contribution in [3.05, 3.63) is 46.4 Å². The summed E-state index contributed by atoms with van der Waals surface area (Å²) < 4.78 is 5.80. The number of aromatic nitrogens is 3. The van der Waals surface area contributed by atoms with Gasteiger partial charge in [0.15, 0.2) is 5.82 Å². The van der Waals surface area contributed by atoms with Crippen molar-refractivity contribution in [2.24, 2.45) is 0 Å². The van der Waals surface area contributed by atoms with E-state index in [2.05, 4.69) is 15.0 Å². The number of carboxylic acid groups (broad SMARTS) is 1. The van der Waals surface area contributed by atoms with E-state index in [1.54, 1.807) is 12.1 Å². The minimum absolute atomic E-state index is 0.0363. The Kier molecular flexibility index (Phi) is 4.40. The van der Waals surface area contributed by atoms with Crippen molar-refractivity contribution in [3.63, 3.8) is 0 Å². The summed E-state index contributed by atoms with van der Waals surface area (Å²) in [6.07, 6.45) is 0.213. The predicted octanol–water partition coefficient (Wildman–Crippen LogP) is 4.02. The summed E-state index contributed by atoms with van der Waals surface area (Å²) in [6.45, 7) is 3.81. The van der Waals surface area contributed by atoms with Crippen molar-refractivity contribution in [2.75, 3.05) is 0 Å². The molecule has 0 spiro atoms. The molecule has 2 N–H and O–H groups in total. The van der Waals surface area contributed by atoms with Gasteiger partial charge in [0.1, 0.15) is 11.5 Å². The summed E-state index contributed by atoms with van der Waals surface area (Å²) >= 11 is 5.93. The molecule has 0 atom stereocenters. The van der Waals surface area contributed by atoms with Crippen LogP contribution in [0.4, 0.5) is 0 Å². The second kappa shape index (κ2) is 6.49. The van der Waals surface area contributed by atoms with Crippen LogP contribution < -0.4 is 0 Å². The van der Waals surface area contributed by atoms with Gasteiger partial charge in [0.2, 0.25) is 0 Å². The van der Waals surface area contributed by atoms with Gasteiger partial charge in [-0.15, -0.1) is 0 Å². The third-order valence-corrected chi connectivity index (χ3v) is 3.96. The predicted molar refractivity (Wildman–Crippen MR) is 90.0 cm³/mol. The minimum atomic E-state index is -0.889. The highest BCUT2D eigenvalue weighted by Gasteiger charge is 2.19. The van der Waals surface area contributed by atoms with Crippen LogP contribution in [0.25, 0.3) is 23.0 Å². The minimum Gasteiger partial charge on any atom is -0.481 e. The summed E-state index contributed by atoms with van der Waals surface area (Å²) in [7, 11) is 0. The van der Waals surface area contributed by atoms with Crippen LogP contribution in [0.5, 0.6) is 0 Å². The Hall–Kier alpha value is -2.60. The molecular weight excluding hydrogens is 330 g/mol. The molecule has 2 heterocycles. The lowest BCUT2D eigenvalue weighted by Crippen LogP contribution is -1.97. The maximum Gasteiger partial charge on any atom is 0.303 e. The van der Waals surface area contributed by atoms with Crippen LogP contribution in [-0.2, 0) is 11.2 Å². The van der Waals surface area contributed by atoms with Gasteiger partial charge >= 0.3 is 5.97 Å². The van der Waals surface area contributed by atoms with Gasteiger partial charge in [-0.2, -0.15) is 0 Å². The lowest BCUT2D eigenvalue weighted by Gasteiger charge is -2.00. The molecule has 2 aromatic heterocycles. The Balaban J connectivity index is 2.04. The maximum atomic E-state index is 10.9. The monoisotopic (exact) mass is 345 g/mol. The highest BCUT2D eigenvalue weighted by Crippen LogP contribution is 2.30. The second-order valence-corrected chi connectivity index (χ2v) is 5.92. The van der Waals surface area contributed by atoms with E-state index < -0.39 is 5.97 Å². The van der Waals surface area contributed by atoms with Crippen molar-refractivity contribution >= 4 is 17.6 Å². The van der Waals surface area contributed by atoms with Gasteiger partial charge < -0.3 is 14.5 Å². The summed E-state index contributed by atoms with van der Waals surface area (Å²) in [5.74, 6) is 0.499. The number of rotatable bonds is 5. The number of carbonyl (C=O) groups is 1. The van der Waals surface area contributed by atoms with Gasteiger partial charge in [-0.05, 0) is 26.0 Å². The van der Waals surface area contributed by atoms with Gasteiger partial charge in [0.05, 0.1) is 12.1 Å². The molecule has 124 valence electrons. The van der Waals surface area contributed by atoms with Crippen molar-refractivity contribution < 1.29 is 14.3 Å². The molecule has 1 aromatic carbocycles. The molecule has 0 saturated heterocycles. The number of oxazole rings is 1. The van der Waals surface area contributed by atoms with E-state index in [4.69, 9.17) is 21.1 Å². The average Bonchev–Trinajstić information content (AvgIpc) is 3.10. The molecule has 0 saturated carbocycles. The van der Waals surface area contributed by atoms with Gasteiger partial charge in [-0.1, -0.05) is 23.7 Å². The van der Waals surface area contributed by atoms with Crippen LogP contribution >= 0.6 is 11.6 Å². The van der Waals surface area contributed by atoms with Crippen LogP contribution in [0.3, 0.4) is 0 Å². The zero-order valence-electron chi connectivity index (χ0n) is 13.3. The van der Waals surface area contributed by atoms with Crippen LogP contribution in [0.1, 0.15) is 23.6 Å². The largest absolute Gasteiger partial charge is 0.481 e. The second-order valence-electron chi connectivity index (χ2n) is 5.49. The molecule has 7 heteroatoms. The van der Waals surface area contributed by atoms with Crippen molar-refractivity contribution in [1.82, 2.24) is 15.0 Å². The van der Waals surface area contributed by atoms with Crippen molar-refractivity contribution in [1.29, 1.82) is 0 Å². The molecule has 0 radical (unpaired) electrons. The van der Waals surface area contributed by atoms with E-state index in [9.17, 15) is 4.79 Å². The molecule has 24 heavy (non-hydrogen) atoms. The zero-order chi connectivity index (χ0) is 17.3. The Bertz CT molecular complexity index is 862. The number of imidazole rings is 1. The van der Waals surface area contributed by atoms with Gasteiger partial charge in [0.25, 0.3) is 5.89 Å². The Morgan fingerprint density at radius 1 is 1.25 bits per heavy atom. The van der Waals surface area contributed by atoms with Crippen molar-refractivity contribution in [2.45, 2.75) is 26.7 Å². The number of aliphatic carboxylic acids is 1. The first-order valence-corrected chi connectivity index (χ1v) is 7.83. The molecule has 0 aliphatic heterocycles. The molecule has 0 amide bonds.